The highest BCUT2D eigenvalue weighted by molar-refractivity contribution is 5.54. The van der Waals surface area contributed by atoms with E-state index in [1.165, 1.54) is 0 Å². The average Bonchev–Trinajstić information content (AvgIpc) is 2.16. The molecule has 1 rings (SSSR count). The number of nitrogens with two attached hydrogens (primary N) is 1. The lowest BCUT2D eigenvalue weighted by Crippen LogP contribution is -2.01. The summed E-state index contributed by atoms with van der Waals surface area (Å²) < 4.78 is 16.9. The molecule has 0 aliphatic rings. The SMILES string of the molecule is CCc1ccc(OCCF)c(N)c1. The molecule has 0 aliphatic heterocycles. The fourth-order valence-electron chi connectivity index (χ4n) is 1.10. The highest BCUT2D eigenvalue weighted by Crippen LogP contribution is 2.22. The molecule has 0 unspecified atom stereocenters. The molecule has 2 nitrogen and oxygen atoms in total. The number of halogens is 1. The Bertz CT molecular complexity index is 276. The van der Waals surface area contributed by atoms with Crippen molar-refractivity contribution in [2.75, 3.05) is 19.0 Å². The fourth-order valence-corrected chi connectivity index (χ4v) is 1.10. The number of anilines is 1. The molecular formula is C10H14FNO. The van der Waals surface area contributed by atoms with Crippen LogP contribution in [0.2, 0.25) is 0 Å². The van der Waals surface area contributed by atoms with Gasteiger partial charge in [0, 0.05) is 0 Å². The zero-order valence-corrected chi connectivity index (χ0v) is 7.72. The fraction of sp³-hybridized carbons (Fsp3) is 0.400. The van der Waals surface area contributed by atoms with E-state index in [9.17, 15) is 4.39 Å². The molecule has 3 heteroatoms. The van der Waals surface area contributed by atoms with Crippen LogP contribution in [-0.4, -0.2) is 13.3 Å². The van der Waals surface area contributed by atoms with Crippen LogP contribution in [0.3, 0.4) is 0 Å². The van der Waals surface area contributed by atoms with E-state index < -0.39 is 6.67 Å². The second-order valence-corrected chi connectivity index (χ2v) is 2.76. The molecule has 13 heavy (non-hydrogen) atoms. The Morgan fingerprint density at radius 1 is 1.46 bits per heavy atom. The van der Waals surface area contributed by atoms with Crippen LogP contribution in [0.5, 0.6) is 5.75 Å². The van der Waals surface area contributed by atoms with Gasteiger partial charge in [0.15, 0.2) is 0 Å². The summed E-state index contributed by atoms with van der Waals surface area (Å²) in [6, 6.07) is 5.57. The smallest absolute Gasteiger partial charge is 0.142 e. The van der Waals surface area contributed by atoms with Gasteiger partial charge in [0.1, 0.15) is 19.0 Å². The number of aryl methyl sites for hydroxylation is 1. The van der Waals surface area contributed by atoms with Gasteiger partial charge >= 0.3 is 0 Å². The van der Waals surface area contributed by atoms with Crippen molar-refractivity contribution in [1.82, 2.24) is 0 Å². The van der Waals surface area contributed by atoms with Gasteiger partial charge in [0.2, 0.25) is 0 Å². The second-order valence-electron chi connectivity index (χ2n) is 2.76. The average molecular weight is 183 g/mol. The van der Waals surface area contributed by atoms with Gasteiger partial charge in [-0.3, -0.25) is 0 Å². The van der Waals surface area contributed by atoms with E-state index >= 15 is 0 Å². The molecule has 0 aromatic heterocycles. The molecule has 1 aromatic carbocycles. The molecule has 0 spiro atoms. The van der Waals surface area contributed by atoms with Gasteiger partial charge < -0.3 is 10.5 Å². The zero-order valence-electron chi connectivity index (χ0n) is 7.72. The molecule has 0 atom stereocenters. The molecule has 2 N–H and O–H groups in total. The lowest BCUT2D eigenvalue weighted by molar-refractivity contribution is 0.274. The number of benzene rings is 1. The number of hydrogen-bond acceptors (Lipinski definition) is 2. The summed E-state index contributed by atoms with van der Waals surface area (Å²) in [6.45, 7) is 1.63. The number of ether oxygens (including phenoxy) is 1. The van der Waals surface area contributed by atoms with Gasteiger partial charge in [-0.15, -0.1) is 0 Å². The predicted octanol–water partition coefficient (Wildman–Crippen LogP) is 2.18. The molecule has 0 saturated carbocycles. The quantitative estimate of drug-likeness (QED) is 0.726. The van der Waals surface area contributed by atoms with E-state index in [0.29, 0.717) is 11.4 Å². The third kappa shape index (κ3) is 2.61. The van der Waals surface area contributed by atoms with Crippen molar-refractivity contribution in [2.45, 2.75) is 13.3 Å². The largest absolute Gasteiger partial charge is 0.489 e. The third-order valence-corrected chi connectivity index (χ3v) is 1.82. The Morgan fingerprint density at radius 2 is 2.23 bits per heavy atom. The van der Waals surface area contributed by atoms with E-state index in [1.807, 2.05) is 12.1 Å². The maximum absolute atomic E-state index is 11.8. The molecular weight excluding hydrogens is 169 g/mol. The number of hydrogen-bond donors (Lipinski definition) is 1. The van der Waals surface area contributed by atoms with Crippen molar-refractivity contribution >= 4 is 5.69 Å². The monoisotopic (exact) mass is 183 g/mol. The Balaban J connectivity index is 2.73. The van der Waals surface area contributed by atoms with E-state index in [4.69, 9.17) is 10.5 Å². The Morgan fingerprint density at radius 3 is 2.77 bits per heavy atom. The number of nitrogen functional groups attached to an aromatic ring is 1. The molecule has 0 bridgehead atoms. The topological polar surface area (TPSA) is 35.2 Å². The van der Waals surface area contributed by atoms with Crippen LogP contribution in [0.15, 0.2) is 18.2 Å². The van der Waals surface area contributed by atoms with Gasteiger partial charge in [-0.25, -0.2) is 4.39 Å². The Hall–Kier alpha value is -1.25. The molecule has 1 aromatic rings. The first kappa shape index (κ1) is 9.84. The summed E-state index contributed by atoms with van der Waals surface area (Å²) in [4.78, 5) is 0. The molecule has 0 radical (unpaired) electrons. The van der Waals surface area contributed by atoms with Crippen molar-refractivity contribution in [3.8, 4) is 5.75 Å². The summed E-state index contributed by atoms with van der Waals surface area (Å²) in [7, 11) is 0. The van der Waals surface area contributed by atoms with Crippen LogP contribution in [0.4, 0.5) is 10.1 Å². The predicted molar refractivity (Wildman–Crippen MR) is 51.7 cm³/mol. The first-order valence-electron chi connectivity index (χ1n) is 4.35. The molecule has 0 fully saturated rings. The van der Waals surface area contributed by atoms with Crippen molar-refractivity contribution in [3.63, 3.8) is 0 Å². The summed E-state index contributed by atoms with van der Waals surface area (Å²) >= 11 is 0. The molecule has 0 heterocycles. The minimum absolute atomic E-state index is 0.0652. The lowest BCUT2D eigenvalue weighted by Gasteiger charge is -2.07. The molecule has 0 amide bonds. The third-order valence-electron chi connectivity index (χ3n) is 1.82. The summed E-state index contributed by atoms with van der Waals surface area (Å²) in [5, 5.41) is 0. The maximum Gasteiger partial charge on any atom is 0.142 e. The van der Waals surface area contributed by atoms with Crippen molar-refractivity contribution in [1.29, 1.82) is 0 Å². The van der Waals surface area contributed by atoms with Gasteiger partial charge in [-0.1, -0.05) is 13.0 Å². The van der Waals surface area contributed by atoms with Crippen molar-refractivity contribution < 1.29 is 9.13 Å². The second kappa shape index (κ2) is 4.70. The molecule has 0 saturated heterocycles. The summed E-state index contributed by atoms with van der Waals surface area (Å²) in [5.74, 6) is 0.565. The first-order chi connectivity index (χ1) is 6.27. The van der Waals surface area contributed by atoms with Gasteiger partial charge in [-0.2, -0.15) is 0 Å². The molecule has 0 aliphatic carbocycles. The summed E-state index contributed by atoms with van der Waals surface area (Å²) in [5.41, 5.74) is 7.42. The van der Waals surface area contributed by atoms with E-state index in [-0.39, 0.29) is 6.61 Å². The minimum Gasteiger partial charge on any atom is -0.489 e. The number of alkyl halides is 1. The lowest BCUT2D eigenvalue weighted by atomic mass is 10.1. The normalized spacial score (nSPS) is 10.0. The maximum atomic E-state index is 11.8. The van der Waals surface area contributed by atoms with Crippen LogP contribution in [0, 0.1) is 0 Å². The van der Waals surface area contributed by atoms with Crippen LogP contribution in [0.1, 0.15) is 12.5 Å². The minimum atomic E-state index is -0.491. The molecule has 72 valence electrons. The van der Waals surface area contributed by atoms with Crippen LogP contribution < -0.4 is 10.5 Å². The Kier molecular flexibility index (Phi) is 3.55. The highest BCUT2D eigenvalue weighted by Gasteiger charge is 2.00. The van der Waals surface area contributed by atoms with Gasteiger partial charge in [0.05, 0.1) is 5.69 Å². The Labute approximate surface area is 77.5 Å². The zero-order chi connectivity index (χ0) is 9.68. The highest BCUT2D eigenvalue weighted by atomic mass is 19.1. The first-order valence-corrected chi connectivity index (χ1v) is 4.35. The van der Waals surface area contributed by atoms with E-state index in [1.54, 1.807) is 6.07 Å². The standard InChI is InChI=1S/C10H14FNO/c1-2-8-3-4-10(9(12)7-8)13-6-5-11/h3-4,7H,2,5-6,12H2,1H3. The van der Waals surface area contributed by atoms with Crippen LogP contribution >= 0.6 is 0 Å². The van der Waals surface area contributed by atoms with E-state index in [0.717, 1.165) is 12.0 Å². The van der Waals surface area contributed by atoms with Crippen LogP contribution in [-0.2, 0) is 6.42 Å². The summed E-state index contributed by atoms with van der Waals surface area (Å²) in [6.07, 6.45) is 0.938. The number of rotatable bonds is 4. The van der Waals surface area contributed by atoms with E-state index in [2.05, 4.69) is 6.92 Å². The van der Waals surface area contributed by atoms with Crippen molar-refractivity contribution in [3.05, 3.63) is 23.8 Å². The van der Waals surface area contributed by atoms with Crippen LogP contribution in [0.25, 0.3) is 0 Å². The van der Waals surface area contributed by atoms with Gasteiger partial charge in [0.25, 0.3) is 0 Å². The van der Waals surface area contributed by atoms with Gasteiger partial charge in [-0.05, 0) is 24.1 Å². The van der Waals surface area contributed by atoms with Crippen molar-refractivity contribution in [2.24, 2.45) is 0 Å².